The highest BCUT2D eigenvalue weighted by Gasteiger charge is 2.44. The number of benzene rings is 1. The molecule has 4 rings (SSSR count). The Morgan fingerprint density at radius 1 is 1.35 bits per heavy atom. The van der Waals surface area contributed by atoms with Gasteiger partial charge in [-0.25, -0.2) is 0 Å². The Kier molecular flexibility index (Phi) is 3.47. The van der Waals surface area contributed by atoms with Crippen molar-refractivity contribution in [3.8, 4) is 0 Å². The van der Waals surface area contributed by atoms with Crippen molar-refractivity contribution in [2.24, 2.45) is 11.3 Å². The van der Waals surface area contributed by atoms with Crippen molar-refractivity contribution in [1.82, 2.24) is 9.88 Å². The standard InChI is InChI=1S/C20H26N2O/c1-3-22-12-17(16-6-4-5-14(2)18(16)22)19(23)21-13-20-9-7-15(11-20)8-10-20/h4-6,12,15H,3,7-11,13H2,1-2H3,(H,21,23). The molecule has 1 aromatic carbocycles. The van der Waals surface area contributed by atoms with Crippen LogP contribution in [0.3, 0.4) is 0 Å². The third-order valence-corrected chi connectivity index (χ3v) is 6.20. The van der Waals surface area contributed by atoms with Crippen LogP contribution in [-0.4, -0.2) is 17.0 Å². The minimum absolute atomic E-state index is 0.0949. The van der Waals surface area contributed by atoms with Crippen molar-refractivity contribution in [2.75, 3.05) is 6.54 Å². The van der Waals surface area contributed by atoms with Crippen LogP contribution in [0.15, 0.2) is 24.4 Å². The Balaban J connectivity index is 1.59. The smallest absolute Gasteiger partial charge is 0.253 e. The molecule has 0 atom stereocenters. The summed E-state index contributed by atoms with van der Waals surface area (Å²) >= 11 is 0. The predicted molar refractivity (Wildman–Crippen MR) is 93.7 cm³/mol. The van der Waals surface area contributed by atoms with Crippen LogP contribution in [-0.2, 0) is 6.54 Å². The molecule has 1 aromatic heterocycles. The summed E-state index contributed by atoms with van der Waals surface area (Å²) in [6.45, 7) is 5.99. The van der Waals surface area contributed by atoms with Crippen LogP contribution in [0, 0.1) is 18.3 Å². The molecule has 0 spiro atoms. The normalized spacial score (nSPS) is 26.1. The molecule has 0 saturated heterocycles. The molecule has 2 fully saturated rings. The topological polar surface area (TPSA) is 34.0 Å². The Hall–Kier alpha value is -1.77. The monoisotopic (exact) mass is 310 g/mol. The molecule has 2 saturated carbocycles. The van der Waals surface area contributed by atoms with Crippen molar-refractivity contribution >= 4 is 16.8 Å². The van der Waals surface area contributed by atoms with E-state index in [9.17, 15) is 4.79 Å². The average Bonchev–Trinajstić information content (AvgIpc) is 3.25. The van der Waals surface area contributed by atoms with Crippen molar-refractivity contribution in [3.05, 3.63) is 35.5 Å². The Bertz CT molecular complexity index is 750. The number of fused-ring (bicyclic) bond motifs is 3. The molecule has 122 valence electrons. The van der Waals surface area contributed by atoms with Crippen LogP contribution in [0.4, 0.5) is 0 Å². The van der Waals surface area contributed by atoms with E-state index >= 15 is 0 Å². The molecule has 0 aliphatic heterocycles. The number of aryl methyl sites for hydroxylation is 2. The van der Waals surface area contributed by atoms with Gasteiger partial charge in [0.25, 0.3) is 5.91 Å². The minimum Gasteiger partial charge on any atom is -0.351 e. The lowest BCUT2D eigenvalue weighted by Crippen LogP contribution is -2.35. The summed E-state index contributed by atoms with van der Waals surface area (Å²) in [6.07, 6.45) is 8.68. The number of para-hydroxylation sites is 1. The van der Waals surface area contributed by atoms with Crippen molar-refractivity contribution < 1.29 is 4.79 Å². The second kappa shape index (κ2) is 5.40. The lowest BCUT2D eigenvalue weighted by Gasteiger charge is -2.26. The summed E-state index contributed by atoms with van der Waals surface area (Å²) in [5, 5.41) is 4.34. The number of nitrogens with one attached hydrogen (secondary N) is 1. The van der Waals surface area contributed by atoms with E-state index in [-0.39, 0.29) is 5.91 Å². The molecule has 2 bridgehead atoms. The zero-order valence-electron chi connectivity index (χ0n) is 14.2. The fourth-order valence-corrected chi connectivity index (χ4v) is 4.90. The van der Waals surface area contributed by atoms with Crippen LogP contribution < -0.4 is 5.32 Å². The summed E-state index contributed by atoms with van der Waals surface area (Å²) < 4.78 is 2.19. The SMILES string of the molecule is CCn1cc(C(=O)NCC23CCC(CC2)C3)c2cccc(C)c21. The summed E-state index contributed by atoms with van der Waals surface area (Å²) in [4.78, 5) is 12.8. The van der Waals surface area contributed by atoms with Gasteiger partial charge in [0.1, 0.15) is 0 Å². The van der Waals surface area contributed by atoms with Crippen LogP contribution in [0.5, 0.6) is 0 Å². The van der Waals surface area contributed by atoms with Gasteiger partial charge in [0.2, 0.25) is 0 Å². The zero-order chi connectivity index (χ0) is 16.0. The largest absolute Gasteiger partial charge is 0.351 e. The summed E-state index contributed by atoms with van der Waals surface area (Å²) in [5.74, 6) is 1.02. The van der Waals surface area contributed by atoms with Crippen LogP contribution in [0.2, 0.25) is 0 Å². The lowest BCUT2D eigenvalue weighted by atomic mass is 9.84. The number of amides is 1. The Morgan fingerprint density at radius 2 is 2.13 bits per heavy atom. The van der Waals surface area contributed by atoms with Crippen molar-refractivity contribution in [3.63, 3.8) is 0 Å². The molecule has 2 aromatic rings. The highest BCUT2D eigenvalue weighted by atomic mass is 16.1. The van der Waals surface area contributed by atoms with Gasteiger partial charge in [0.05, 0.1) is 11.1 Å². The molecule has 3 heteroatoms. The molecule has 1 amide bonds. The lowest BCUT2D eigenvalue weighted by molar-refractivity contribution is 0.0932. The number of nitrogens with zero attached hydrogens (tertiary/aromatic N) is 1. The molecule has 0 radical (unpaired) electrons. The average molecular weight is 310 g/mol. The highest BCUT2D eigenvalue weighted by Crippen LogP contribution is 2.53. The van der Waals surface area contributed by atoms with Crippen molar-refractivity contribution in [2.45, 2.75) is 52.5 Å². The van der Waals surface area contributed by atoms with Crippen LogP contribution in [0.1, 0.15) is 54.9 Å². The van der Waals surface area contributed by atoms with Gasteiger partial charge >= 0.3 is 0 Å². The van der Waals surface area contributed by atoms with Gasteiger partial charge in [-0.3, -0.25) is 4.79 Å². The van der Waals surface area contributed by atoms with Gasteiger partial charge in [0, 0.05) is 24.7 Å². The van der Waals surface area contributed by atoms with Gasteiger partial charge in [0.15, 0.2) is 0 Å². The van der Waals surface area contributed by atoms with E-state index in [0.717, 1.165) is 30.0 Å². The number of rotatable bonds is 4. The van der Waals surface area contributed by atoms with Gasteiger partial charge < -0.3 is 9.88 Å². The molecule has 23 heavy (non-hydrogen) atoms. The second-order valence-corrected chi connectivity index (χ2v) is 7.63. The van der Waals surface area contributed by atoms with E-state index in [4.69, 9.17) is 0 Å². The second-order valence-electron chi connectivity index (χ2n) is 7.63. The summed E-state index contributed by atoms with van der Waals surface area (Å²) in [5.41, 5.74) is 3.66. The van der Waals surface area contributed by atoms with E-state index < -0.39 is 0 Å². The molecular formula is C20H26N2O. The Morgan fingerprint density at radius 3 is 2.78 bits per heavy atom. The van der Waals surface area contributed by atoms with Crippen LogP contribution >= 0.6 is 0 Å². The number of hydrogen-bond donors (Lipinski definition) is 1. The Labute approximate surface area is 138 Å². The maximum atomic E-state index is 12.8. The predicted octanol–water partition coefficient (Wildman–Crippen LogP) is 4.28. The summed E-state index contributed by atoms with van der Waals surface area (Å²) in [7, 11) is 0. The number of hydrogen-bond acceptors (Lipinski definition) is 1. The molecule has 0 unspecified atom stereocenters. The van der Waals surface area contributed by atoms with Gasteiger partial charge in [-0.2, -0.15) is 0 Å². The summed E-state index contributed by atoms with van der Waals surface area (Å²) in [6, 6.07) is 6.24. The zero-order valence-corrected chi connectivity index (χ0v) is 14.2. The van der Waals surface area contributed by atoms with Gasteiger partial charge in [-0.1, -0.05) is 18.2 Å². The van der Waals surface area contributed by atoms with Gasteiger partial charge in [-0.15, -0.1) is 0 Å². The van der Waals surface area contributed by atoms with E-state index in [1.807, 2.05) is 12.3 Å². The van der Waals surface area contributed by atoms with Crippen LogP contribution in [0.25, 0.3) is 10.9 Å². The number of carbonyl (C=O) groups is 1. The first-order valence-corrected chi connectivity index (χ1v) is 8.98. The third kappa shape index (κ3) is 2.37. The third-order valence-electron chi connectivity index (χ3n) is 6.20. The first-order valence-electron chi connectivity index (χ1n) is 8.98. The van der Waals surface area contributed by atoms with Crippen molar-refractivity contribution in [1.29, 1.82) is 0 Å². The molecule has 2 aliphatic carbocycles. The first-order chi connectivity index (χ1) is 11.1. The number of carbonyl (C=O) groups excluding carboxylic acids is 1. The molecule has 2 aliphatic rings. The van der Waals surface area contributed by atoms with E-state index in [0.29, 0.717) is 5.41 Å². The van der Waals surface area contributed by atoms with Gasteiger partial charge in [-0.05, 0) is 62.8 Å². The maximum Gasteiger partial charge on any atom is 0.253 e. The van der Waals surface area contributed by atoms with E-state index in [1.54, 1.807) is 0 Å². The van der Waals surface area contributed by atoms with E-state index in [2.05, 4.69) is 35.9 Å². The molecule has 1 N–H and O–H groups in total. The van der Waals surface area contributed by atoms with E-state index in [1.165, 1.54) is 43.2 Å². The maximum absolute atomic E-state index is 12.8. The molecule has 3 nitrogen and oxygen atoms in total. The fraction of sp³-hybridized carbons (Fsp3) is 0.550. The molecular weight excluding hydrogens is 284 g/mol. The first kappa shape index (κ1) is 14.8. The number of aromatic nitrogens is 1. The fourth-order valence-electron chi connectivity index (χ4n) is 4.90. The minimum atomic E-state index is 0.0949. The quantitative estimate of drug-likeness (QED) is 0.898. The molecule has 1 heterocycles. The highest BCUT2D eigenvalue weighted by molar-refractivity contribution is 6.07.